The largest absolute Gasteiger partial charge is 0.425 e. The van der Waals surface area contributed by atoms with E-state index >= 15 is 0 Å². The topological polar surface area (TPSA) is 53.5 Å². The van der Waals surface area contributed by atoms with Crippen LogP contribution in [0.3, 0.4) is 0 Å². The number of aromatic nitrogens is 6. The Morgan fingerprint density at radius 2 is 0.905 bits per heavy atom. The van der Waals surface area contributed by atoms with Gasteiger partial charge in [0.1, 0.15) is 0 Å². The molecule has 0 aliphatic heterocycles. The molecular weight excluding hydrogens is 443 g/mol. The molecule has 6 nitrogen and oxygen atoms in total. The summed E-state index contributed by atoms with van der Waals surface area (Å²) in [6.45, 7) is 12.0. The first-order valence-corrected chi connectivity index (χ1v) is 5.92. The molecule has 21 heavy (non-hydrogen) atoms. The Morgan fingerprint density at radius 1 is 0.619 bits per heavy atom. The number of hydrogen-bond acceptors (Lipinski definition) is 3. The van der Waals surface area contributed by atoms with Crippen molar-refractivity contribution in [3.8, 4) is 0 Å². The number of rotatable bonds is 3. The fourth-order valence-electron chi connectivity index (χ4n) is 1.62. The van der Waals surface area contributed by atoms with Gasteiger partial charge in [0.25, 0.3) is 7.12 Å². The summed E-state index contributed by atoms with van der Waals surface area (Å²) in [5.41, 5.74) is 0. The van der Waals surface area contributed by atoms with E-state index in [1.165, 1.54) is 0 Å². The van der Waals surface area contributed by atoms with Crippen molar-refractivity contribution in [1.82, 2.24) is 29.1 Å². The molecule has 0 unspecified atom stereocenters. The molecule has 0 spiro atoms. The molecule has 2 radical (unpaired) electrons. The summed E-state index contributed by atoms with van der Waals surface area (Å²) in [5, 5.41) is 12.7. The van der Waals surface area contributed by atoms with Gasteiger partial charge in [0.2, 0.25) is 0 Å². The standard InChI is InChI=1S/C9H9BN6.2C2H4.Ir/c1-4-11-14(7-1)10(15-8-2-5-12-15)16-9-3-6-13-16;2*1-2;/h1-9H;2*1-2H2;/q-1;;;. The molecule has 3 rings (SSSR count). The molecule has 3 heterocycles. The van der Waals surface area contributed by atoms with E-state index < -0.39 is 0 Å². The van der Waals surface area contributed by atoms with Crippen molar-refractivity contribution in [2.75, 3.05) is 0 Å². The molecule has 0 atom stereocenters. The first kappa shape index (κ1) is 18.8. The van der Waals surface area contributed by atoms with Crippen molar-refractivity contribution >= 4 is 7.12 Å². The van der Waals surface area contributed by atoms with Crippen molar-refractivity contribution in [2.45, 2.75) is 0 Å². The average Bonchev–Trinajstić information content (AvgIpc) is 3.28. The van der Waals surface area contributed by atoms with E-state index in [-0.39, 0.29) is 27.2 Å². The number of nitrogens with zero attached hydrogens (tertiary/aromatic N) is 6. The van der Waals surface area contributed by atoms with E-state index in [0.29, 0.717) is 0 Å². The molecule has 112 valence electrons. The van der Waals surface area contributed by atoms with Gasteiger partial charge in [-0.25, -0.2) is 15.3 Å². The van der Waals surface area contributed by atoms with Crippen LogP contribution in [0.1, 0.15) is 0 Å². The minimum atomic E-state index is -0.194. The molecular formula is C13H17BIrN6-. The Bertz CT molecular complexity index is 480. The zero-order valence-corrected chi connectivity index (χ0v) is 14.0. The normalized spacial score (nSPS) is 8.81. The minimum Gasteiger partial charge on any atom is -0.425 e. The number of hydrogen-bond donors (Lipinski definition) is 0. The first-order chi connectivity index (χ1) is 9.95. The van der Waals surface area contributed by atoms with Crippen molar-refractivity contribution < 1.29 is 20.1 Å². The Morgan fingerprint density at radius 3 is 1.10 bits per heavy atom. The monoisotopic (exact) mass is 461 g/mol. The molecule has 0 saturated heterocycles. The Balaban J connectivity index is 0.000000741. The van der Waals surface area contributed by atoms with Gasteiger partial charge in [0.15, 0.2) is 0 Å². The summed E-state index contributed by atoms with van der Waals surface area (Å²) >= 11 is 0. The maximum absolute atomic E-state index is 4.22. The van der Waals surface area contributed by atoms with E-state index in [1.54, 1.807) is 32.4 Å². The van der Waals surface area contributed by atoms with Crippen LogP contribution in [0.4, 0.5) is 0 Å². The van der Waals surface area contributed by atoms with Gasteiger partial charge in [-0.05, 0) is 36.8 Å². The van der Waals surface area contributed by atoms with E-state index in [9.17, 15) is 0 Å². The first-order valence-electron chi connectivity index (χ1n) is 5.92. The second-order valence-electron chi connectivity index (χ2n) is 3.30. The average molecular weight is 460 g/mol. The van der Waals surface area contributed by atoms with Crippen molar-refractivity contribution in [2.24, 2.45) is 0 Å². The molecule has 0 N–H and O–H groups in total. The SMILES string of the molecule is C=C.C=C.[Ir].c1cnn([B-](n2cccn2)n2cccn2)c1. The fraction of sp³-hybridized carbons (Fsp3) is 0. The van der Waals surface area contributed by atoms with Gasteiger partial charge in [-0.2, -0.15) is 0 Å². The van der Waals surface area contributed by atoms with Crippen LogP contribution < -0.4 is 0 Å². The molecule has 0 aromatic carbocycles. The Hall–Kier alpha value is -2.18. The predicted molar refractivity (Wildman–Crippen MR) is 81.1 cm³/mol. The zero-order valence-electron chi connectivity index (χ0n) is 11.6. The summed E-state index contributed by atoms with van der Waals surface area (Å²) in [7, 11) is -0.194. The fourth-order valence-corrected chi connectivity index (χ4v) is 1.62. The van der Waals surface area contributed by atoms with Crippen LogP contribution in [0, 0.1) is 0 Å². The minimum absolute atomic E-state index is 0. The van der Waals surface area contributed by atoms with Crippen LogP contribution in [0.2, 0.25) is 0 Å². The second-order valence-corrected chi connectivity index (χ2v) is 3.30. The van der Waals surface area contributed by atoms with Gasteiger partial charge in [-0.3, -0.25) is 0 Å². The molecule has 8 heteroatoms. The molecule has 0 aliphatic carbocycles. The van der Waals surface area contributed by atoms with Crippen molar-refractivity contribution in [3.05, 3.63) is 81.7 Å². The Kier molecular flexibility index (Phi) is 9.50. The third kappa shape index (κ3) is 4.70. The van der Waals surface area contributed by atoms with Crippen LogP contribution in [-0.4, -0.2) is 36.2 Å². The van der Waals surface area contributed by atoms with Gasteiger partial charge < -0.3 is 13.8 Å². The molecule has 0 bridgehead atoms. The molecule has 0 amide bonds. The van der Waals surface area contributed by atoms with Crippen LogP contribution in [0.25, 0.3) is 0 Å². The van der Waals surface area contributed by atoms with E-state index in [1.807, 2.05) is 36.8 Å². The second kappa shape index (κ2) is 10.6. The maximum Gasteiger partial charge on any atom is 0.260 e. The van der Waals surface area contributed by atoms with Gasteiger partial charge in [-0.1, -0.05) is 0 Å². The summed E-state index contributed by atoms with van der Waals surface area (Å²) in [6, 6.07) is 5.62. The molecule has 0 saturated carbocycles. The van der Waals surface area contributed by atoms with Crippen LogP contribution in [0.15, 0.2) is 81.7 Å². The molecule has 3 aromatic heterocycles. The summed E-state index contributed by atoms with van der Waals surface area (Å²) in [5.74, 6) is 0. The van der Waals surface area contributed by atoms with Crippen LogP contribution >= 0.6 is 0 Å². The van der Waals surface area contributed by atoms with Crippen LogP contribution in [-0.2, 0) is 20.1 Å². The van der Waals surface area contributed by atoms with Gasteiger partial charge in [0, 0.05) is 38.7 Å². The molecule has 3 aromatic rings. The summed E-state index contributed by atoms with van der Waals surface area (Å²) in [6.07, 6.45) is 10.9. The third-order valence-electron chi connectivity index (χ3n) is 2.28. The van der Waals surface area contributed by atoms with Crippen LogP contribution in [0.5, 0.6) is 0 Å². The smallest absolute Gasteiger partial charge is 0.260 e. The Labute approximate surface area is 138 Å². The molecule has 0 aliphatic rings. The van der Waals surface area contributed by atoms with Gasteiger partial charge >= 0.3 is 0 Å². The van der Waals surface area contributed by atoms with Gasteiger partial charge in [0.05, 0.1) is 0 Å². The van der Waals surface area contributed by atoms with Gasteiger partial charge in [-0.15, -0.1) is 26.3 Å². The van der Waals surface area contributed by atoms with E-state index in [4.69, 9.17) is 0 Å². The quantitative estimate of drug-likeness (QED) is 0.443. The maximum atomic E-state index is 4.22. The summed E-state index contributed by atoms with van der Waals surface area (Å²) in [4.78, 5) is 0. The predicted octanol–water partition coefficient (Wildman–Crippen LogP) is 1.81. The van der Waals surface area contributed by atoms with E-state index in [0.717, 1.165) is 0 Å². The van der Waals surface area contributed by atoms with E-state index in [2.05, 4.69) is 41.6 Å². The molecule has 0 fully saturated rings. The van der Waals surface area contributed by atoms with Crippen molar-refractivity contribution in [3.63, 3.8) is 0 Å². The third-order valence-corrected chi connectivity index (χ3v) is 2.28. The van der Waals surface area contributed by atoms with Crippen molar-refractivity contribution in [1.29, 1.82) is 0 Å². The zero-order chi connectivity index (χ0) is 14.8. The summed E-state index contributed by atoms with van der Waals surface area (Å²) < 4.78 is 5.38.